The minimum Gasteiger partial charge on any atom is -0.479 e. The van der Waals surface area contributed by atoms with Crippen LogP contribution in [-0.2, 0) is 11.3 Å². The monoisotopic (exact) mass is 301 g/mol. The molecule has 0 bridgehead atoms. The van der Waals surface area contributed by atoms with Crippen LogP contribution in [0.15, 0.2) is 35.7 Å². The molecule has 108 valence electrons. The summed E-state index contributed by atoms with van der Waals surface area (Å²) < 4.78 is 5.19. The molecule has 0 aliphatic heterocycles. The molecule has 1 aromatic heterocycles. The number of thiophene rings is 1. The Hall–Kier alpha value is -2.52. The zero-order valence-electron chi connectivity index (χ0n) is 11.6. The summed E-state index contributed by atoms with van der Waals surface area (Å²) in [6.45, 7) is 2.17. The van der Waals surface area contributed by atoms with Crippen LogP contribution in [0.3, 0.4) is 0 Å². The summed E-state index contributed by atoms with van der Waals surface area (Å²) in [5.74, 6) is 0.589. The fourth-order valence-corrected chi connectivity index (χ4v) is 2.52. The summed E-state index contributed by atoms with van der Waals surface area (Å²) in [5, 5.41) is 16.5. The molecule has 0 saturated carbocycles. The molecule has 0 aliphatic rings. The van der Waals surface area contributed by atoms with Crippen LogP contribution in [0.2, 0.25) is 0 Å². The predicted octanol–water partition coefficient (Wildman–Crippen LogP) is 3.22. The number of benzene rings is 1. The van der Waals surface area contributed by atoms with E-state index in [0.717, 1.165) is 16.3 Å². The van der Waals surface area contributed by atoms with Gasteiger partial charge in [0.2, 0.25) is 5.91 Å². The highest BCUT2D eigenvalue weighted by Crippen LogP contribution is 2.24. The second kappa shape index (κ2) is 7.31. The third kappa shape index (κ3) is 4.51. The average molecular weight is 301 g/mol. The normalized spacial score (nSPS) is 9.71. The van der Waals surface area contributed by atoms with Crippen molar-refractivity contribution >= 4 is 28.6 Å². The van der Waals surface area contributed by atoms with Crippen molar-refractivity contribution in [3.63, 3.8) is 0 Å². The van der Waals surface area contributed by atoms with E-state index in [-0.39, 0.29) is 12.5 Å². The van der Waals surface area contributed by atoms with E-state index in [4.69, 9.17) is 10.00 Å². The van der Waals surface area contributed by atoms with Gasteiger partial charge in [-0.05, 0) is 35.7 Å². The Morgan fingerprint density at radius 3 is 2.76 bits per heavy atom. The third-order valence-corrected chi connectivity index (χ3v) is 3.59. The number of nitrogens with zero attached hydrogens (tertiary/aromatic N) is 1. The molecule has 0 fully saturated rings. The zero-order valence-corrected chi connectivity index (χ0v) is 12.4. The van der Waals surface area contributed by atoms with Crippen molar-refractivity contribution in [1.82, 2.24) is 0 Å². The van der Waals surface area contributed by atoms with Crippen LogP contribution in [0, 0.1) is 11.3 Å². The van der Waals surface area contributed by atoms with Crippen LogP contribution < -0.4 is 15.4 Å². The number of ether oxygens (including phenoxy) is 1. The molecular weight excluding hydrogens is 286 g/mol. The predicted molar refractivity (Wildman–Crippen MR) is 83.5 cm³/mol. The van der Waals surface area contributed by atoms with Gasteiger partial charge in [-0.3, -0.25) is 4.79 Å². The number of carbonyl (C=O) groups is 1. The highest BCUT2D eigenvalue weighted by atomic mass is 32.1. The van der Waals surface area contributed by atoms with E-state index in [1.807, 2.05) is 41.8 Å². The molecule has 1 aromatic carbocycles. The Balaban J connectivity index is 1.92. The Labute approximate surface area is 127 Å². The SMILES string of the molecule is CC(=O)Nc1ccsc1CNc1ccc(OCC#N)cc1. The lowest BCUT2D eigenvalue weighted by Crippen LogP contribution is -2.08. The summed E-state index contributed by atoms with van der Waals surface area (Å²) in [6, 6.07) is 11.2. The number of hydrogen-bond donors (Lipinski definition) is 2. The van der Waals surface area contributed by atoms with E-state index < -0.39 is 0 Å². The number of hydrogen-bond acceptors (Lipinski definition) is 5. The zero-order chi connectivity index (χ0) is 15.1. The standard InChI is InChI=1S/C15H15N3O2S/c1-11(19)18-14-6-9-21-15(14)10-17-12-2-4-13(5-3-12)20-8-7-16/h2-6,9,17H,8,10H2,1H3,(H,18,19). The quantitative estimate of drug-likeness (QED) is 0.859. The van der Waals surface area contributed by atoms with E-state index in [0.29, 0.717) is 12.3 Å². The van der Waals surface area contributed by atoms with E-state index in [1.165, 1.54) is 6.92 Å². The molecule has 5 nitrogen and oxygen atoms in total. The molecule has 2 rings (SSSR count). The molecular formula is C15H15N3O2S. The summed E-state index contributed by atoms with van der Waals surface area (Å²) in [5.41, 5.74) is 1.79. The molecule has 2 N–H and O–H groups in total. The number of amides is 1. The van der Waals surface area contributed by atoms with Gasteiger partial charge in [0.15, 0.2) is 6.61 Å². The van der Waals surface area contributed by atoms with E-state index >= 15 is 0 Å². The number of rotatable bonds is 6. The number of anilines is 2. The summed E-state index contributed by atoms with van der Waals surface area (Å²) in [7, 11) is 0. The Morgan fingerprint density at radius 2 is 2.10 bits per heavy atom. The van der Waals surface area contributed by atoms with Gasteiger partial charge in [-0.2, -0.15) is 5.26 Å². The first-order valence-corrected chi connectivity index (χ1v) is 7.24. The molecule has 1 heterocycles. The lowest BCUT2D eigenvalue weighted by atomic mass is 10.3. The average Bonchev–Trinajstić information content (AvgIpc) is 2.90. The smallest absolute Gasteiger partial charge is 0.221 e. The molecule has 0 spiro atoms. The molecule has 0 unspecified atom stereocenters. The minimum atomic E-state index is -0.0753. The highest BCUT2D eigenvalue weighted by molar-refractivity contribution is 7.10. The van der Waals surface area contributed by atoms with Gasteiger partial charge in [-0.1, -0.05) is 0 Å². The van der Waals surface area contributed by atoms with Gasteiger partial charge in [0.05, 0.1) is 12.2 Å². The van der Waals surface area contributed by atoms with Crippen molar-refractivity contribution in [2.45, 2.75) is 13.5 Å². The number of carbonyl (C=O) groups excluding carboxylic acids is 1. The van der Waals surface area contributed by atoms with Gasteiger partial charge in [0.1, 0.15) is 11.8 Å². The van der Waals surface area contributed by atoms with Crippen molar-refractivity contribution in [2.75, 3.05) is 17.2 Å². The van der Waals surface area contributed by atoms with E-state index in [9.17, 15) is 4.79 Å². The van der Waals surface area contributed by atoms with Crippen molar-refractivity contribution in [2.24, 2.45) is 0 Å². The first-order valence-electron chi connectivity index (χ1n) is 6.36. The van der Waals surface area contributed by atoms with Gasteiger partial charge in [0.25, 0.3) is 0 Å². The topological polar surface area (TPSA) is 74.2 Å². The third-order valence-electron chi connectivity index (χ3n) is 2.67. The Bertz CT molecular complexity index is 644. The second-order valence-electron chi connectivity index (χ2n) is 4.26. The molecule has 21 heavy (non-hydrogen) atoms. The van der Waals surface area contributed by atoms with Gasteiger partial charge in [-0.15, -0.1) is 11.3 Å². The van der Waals surface area contributed by atoms with Crippen LogP contribution in [-0.4, -0.2) is 12.5 Å². The van der Waals surface area contributed by atoms with E-state index in [1.54, 1.807) is 11.3 Å². The molecule has 0 radical (unpaired) electrons. The number of nitrogens with one attached hydrogen (secondary N) is 2. The summed E-state index contributed by atoms with van der Waals surface area (Å²) in [4.78, 5) is 12.2. The van der Waals surface area contributed by atoms with Gasteiger partial charge >= 0.3 is 0 Å². The molecule has 0 aliphatic carbocycles. The van der Waals surface area contributed by atoms with Crippen LogP contribution in [0.4, 0.5) is 11.4 Å². The lowest BCUT2D eigenvalue weighted by molar-refractivity contribution is -0.114. The van der Waals surface area contributed by atoms with Crippen LogP contribution >= 0.6 is 11.3 Å². The van der Waals surface area contributed by atoms with Gasteiger partial charge in [-0.25, -0.2) is 0 Å². The second-order valence-corrected chi connectivity index (χ2v) is 5.26. The molecule has 2 aromatic rings. The first kappa shape index (κ1) is 14.9. The Morgan fingerprint density at radius 1 is 1.33 bits per heavy atom. The highest BCUT2D eigenvalue weighted by Gasteiger charge is 2.05. The maximum absolute atomic E-state index is 11.1. The fourth-order valence-electron chi connectivity index (χ4n) is 1.75. The van der Waals surface area contributed by atoms with Crippen LogP contribution in [0.5, 0.6) is 5.75 Å². The van der Waals surface area contributed by atoms with Crippen molar-refractivity contribution in [1.29, 1.82) is 5.26 Å². The molecule has 0 saturated heterocycles. The first-order chi connectivity index (χ1) is 10.2. The van der Waals surface area contributed by atoms with Gasteiger partial charge < -0.3 is 15.4 Å². The molecule has 6 heteroatoms. The maximum atomic E-state index is 11.1. The lowest BCUT2D eigenvalue weighted by Gasteiger charge is -2.08. The summed E-state index contributed by atoms with van der Waals surface area (Å²) >= 11 is 1.59. The van der Waals surface area contributed by atoms with Crippen molar-refractivity contribution in [3.8, 4) is 11.8 Å². The maximum Gasteiger partial charge on any atom is 0.221 e. The summed E-state index contributed by atoms with van der Waals surface area (Å²) in [6.07, 6.45) is 0. The fraction of sp³-hybridized carbons (Fsp3) is 0.200. The van der Waals surface area contributed by atoms with Crippen molar-refractivity contribution < 1.29 is 9.53 Å². The molecule has 0 atom stereocenters. The van der Waals surface area contributed by atoms with E-state index in [2.05, 4.69) is 10.6 Å². The van der Waals surface area contributed by atoms with Gasteiger partial charge in [0, 0.05) is 17.5 Å². The molecule has 1 amide bonds. The minimum absolute atomic E-state index is 0.0437. The van der Waals surface area contributed by atoms with Crippen LogP contribution in [0.1, 0.15) is 11.8 Å². The van der Waals surface area contributed by atoms with Crippen molar-refractivity contribution in [3.05, 3.63) is 40.6 Å². The Kier molecular flexibility index (Phi) is 5.18. The largest absolute Gasteiger partial charge is 0.479 e. The number of nitriles is 1. The van der Waals surface area contributed by atoms with Crippen LogP contribution in [0.25, 0.3) is 0 Å².